The Balaban J connectivity index is 1.53. The average molecular weight is 439 g/mol. The van der Waals surface area contributed by atoms with Crippen molar-refractivity contribution < 1.29 is 17.6 Å². The number of nitrogens with zero attached hydrogens (tertiary/aromatic N) is 2. The van der Waals surface area contributed by atoms with Crippen LogP contribution in [0, 0.1) is 5.82 Å². The molecule has 0 atom stereocenters. The first-order valence-electron chi connectivity index (χ1n) is 10.1. The van der Waals surface area contributed by atoms with Crippen molar-refractivity contribution in [2.45, 2.75) is 30.3 Å². The number of para-hydroxylation sites is 1. The number of sulfonamides is 1. The lowest BCUT2D eigenvalue weighted by molar-refractivity contribution is 0.0730. The molecule has 31 heavy (non-hydrogen) atoms. The van der Waals surface area contributed by atoms with Crippen molar-refractivity contribution in [2.24, 2.45) is 0 Å². The number of carbonyl (C=O) groups is 1. The van der Waals surface area contributed by atoms with Gasteiger partial charge in [0.15, 0.2) is 0 Å². The summed E-state index contributed by atoms with van der Waals surface area (Å²) in [6, 6.07) is 21.1. The van der Waals surface area contributed by atoms with E-state index in [0.29, 0.717) is 17.8 Å². The Kier molecular flexibility index (Phi) is 5.78. The first-order valence-corrected chi connectivity index (χ1v) is 11.5. The fourth-order valence-corrected chi connectivity index (χ4v) is 4.61. The molecule has 0 heterocycles. The fourth-order valence-electron chi connectivity index (χ4n) is 3.41. The maximum atomic E-state index is 13.2. The zero-order valence-corrected chi connectivity index (χ0v) is 17.9. The lowest BCUT2D eigenvalue weighted by Crippen LogP contribution is -2.32. The Morgan fingerprint density at radius 1 is 0.935 bits per heavy atom. The van der Waals surface area contributed by atoms with Crippen LogP contribution in [0.2, 0.25) is 0 Å². The summed E-state index contributed by atoms with van der Waals surface area (Å²) in [6.07, 6.45) is 1.86. The van der Waals surface area contributed by atoms with Crippen LogP contribution in [0.5, 0.6) is 0 Å². The molecule has 5 nitrogen and oxygen atoms in total. The molecule has 1 saturated carbocycles. The van der Waals surface area contributed by atoms with E-state index in [0.717, 1.165) is 18.4 Å². The van der Waals surface area contributed by atoms with E-state index in [-0.39, 0.29) is 22.7 Å². The Morgan fingerprint density at radius 3 is 2.13 bits per heavy atom. The molecule has 0 spiro atoms. The molecule has 0 aliphatic heterocycles. The maximum absolute atomic E-state index is 13.2. The van der Waals surface area contributed by atoms with Crippen LogP contribution in [0.3, 0.4) is 0 Å². The molecular formula is C24H23FN2O3S. The monoisotopic (exact) mass is 438 g/mol. The highest BCUT2D eigenvalue weighted by atomic mass is 32.2. The van der Waals surface area contributed by atoms with Gasteiger partial charge in [0.1, 0.15) is 5.82 Å². The summed E-state index contributed by atoms with van der Waals surface area (Å²) >= 11 is 0. The van der Waals surface area contributed by atoms with Gasteiger partial charge in [0, 0.05) is 25.2 Å². The smallest absolute Gasteiger partial charge is 0.264 e. The first-order chi connectivity index (χ1) is 14.9. The first kappa shape index (κ1) is 21.1. The maximum Gasteiger partial charge on any atom is 0.264 e. The molecule has 3 aromatic rings. The lowest BCUT2D eigenvalue weighted by atomic mass is 10.1. The van der Waals surface area contributed by atoms with E-state index in [1.54, 1.807) is 53.4 Å². The molecule has 1 amide bonds. The quantitative estimate of drug-likeness (QED) is 0.547. The minimum Gasteiger partial charge on any atom is -0.331 e. The Morgan fingerprint density at radius 2 is 1.55 bits per heavy atom. The normalized spacial score (nSPS) is 13.6. The molecule has 0 aromatic heterocycles. The number of anilines is 1. The van der Waals surface area contributed by atoms with Gasteiger partial charge in [-0.1, -0.05) is 30.3 Å². The summed E-state index contributed by atoms with van der Waals surface area (Å²) < 4.78 is 40.3. The summed E-state index contributed by atoms with van der Waals surface area (Å²) in [5.41, 5.74) is 1.84. The summed E-state index contributed by atoms with van der Waals surface area (Å²) in [7, 11) is -2.24. The second kappa shape index (κ2) is 8.51. The van der Waals surface area contributed by atoms with Gasteiger partial charge in [-0.25, -0.2) is 12.8 Å². The van der Waals surface area contributed by atoms with Crippen LogP contribution in [-0.4, -0.2) is 32.3 Å². The van der Waals surface area contributed by atoms with Crippen molar-refractivity contribution in [3.8, 4) is 0 Å². The molecule has 1 aliphatic carbocycles. The van der Waals surface area contributed by atoms with Crippen LogP contribution >= 0.6 is 0 Å². The van der Waals surface area contributed by atoms with Gasteiger partial charge < -0.3 is 4.90 Å². The Hall–Kier alpha value is -3.19. The molecule has 1 aliphatic rings. The van der Waals surface area contributed by atoms with Crippen molar-refractivity contribution in [1.29, 1.82) is 0 Å². The zero-order chi connectivity index (χ0) is 22.0. The number of hydrogen-bond acceptors (Lipinski definition) is 3. The molecular weight excluding hydrogens is 415 g/mol. The van der Waals surface area contributed by atoms with Crippen LogP contribution in [0.4, 0.5) is 10.1 Å². The highest BCUT2D eigenvalue weighted by Gasteiger charge is 2.33. The molecule has 1 fully saturated rings. The average Bonchev–Trinajstić information content (AvgIpc) is 3.63. The van der Waals surface area contributed by atoms with Gasteiger partial charge in [-0.3, -0.25) is 9.10 Å². The van der Waals surface area contributed by atoms with E-state index in [4.69, 9.17) is 0 Å². The van der Waals surface area contributed by atoms with Crippen molar-refractivity contribution in [1.82, 2.24) is 4.90 Å². The highest BCUT2D eigenvalue weighted by molar-refractivity contribution is 7.92. The topological polar surface area (TPSA) is 57.7 Å². The van der Waals surface area contributed by atoms with Crippen LogP contribution in [-0.2, 0) is 16.6 Å². The third-order valence-electron chi connectivity index (χ3n) is 5.39. The van der Waals surface area contributed by atoms with Gasteiger partial charge in [-0.2, -0.15) is 0 Å². The number of carbonyl (C=O) groups excluding carboxylic acids is 1. The zero-order valence-electron chi connectivity index (χ0n) is 17.1. The molecule has 0 unspecified atom stereocenters. The van der Waals surface area contributed by atoms with E-state index in [1.165, 1.54) is 35.6 Å². The number of benzene rings is 3. The van der Waals surface area contributed by atoms with Gasteiger partial charge in [-0.05, 0) is 66.9 Å². The SMILES string of the molecule is CN(c1ccccc1)S(=O)(=O)c1ccc(C(=O)N(Cc2ccc(F)cc2)C2CC2)cc1. The number of halogens is 1. The summed E-state index contributed by atoms with van der Waals surface area (Å²) in [5.74, 6) is -0.475. The number of hydrogen-bond donors (Lipinski definition) is 0. The third kappa shape index (κ3) is 4.61. The largest absolute Gasteiger partial charge is 0.331 e. The van der Waals surface area contributed by atoms with Gasteiger partial charge >= 0.3 is 0 Å². The van der Waals surface area contributed by atoms with Crippen molar-refractivity contribution >= 4 is 21.6 Å². The minimum absolute atomic E-state index is 0.118. The summed E-state index contributed by atoms with van der Waals surface area (Å²) in [6.45, 7) is 0.389. The van der Waals surface area contributed by atoms with E-state index >= 15 is 0 Å². The molecule has 0 radical (unpaired) electrons. The summed E-state index contributed by atoms with van der Waals surface area (Å²) in [4.78, 5) is 15.0. The fraction of sp³-hybridized carbons (Fsp3) is 0.208. The predicted molar refractivity (Wildman–Crippen MR) is 118 cm³/mol. The van der Waals surface area contributed by atoms with Gasteiger partial charge in [0.05, 0.1) is 10.6 Å². The Bertz CT molecular complexity index is 1160. The van der Waals surface area contributed by atoms with Crippen LogP contribution in [0.1, 0.15) is 28.8 Å². The van der Waals surface area contributed by atoms with E-state index in [1.807, 2.05) is 6.07 Å². The number of rotatable bonds is 7. The minimum atomic E-state index is -3.74. The Labute approximate surface area is 181 Å². The van der Waals surface area contributed by atoms with Crippen molar-refractivity contribution in [3.63, 3.8) is 0 Å². The molecule has 0 saturated heterocycles. The van der Waals surface area contributed by atoms with E-state index in [2.05, 4.69) is 0 Å². The second-order valence-corrected chi connectivity index (χ2v) is 9.59. The molecule has 0 N–H and O–H groups in total. The van der Waals surface area contributed by atoms with E-state index < -0.39 is 10.0 Å². The molecule has 3 aromatic carbocycles. The lowest BCUT2D eigenvalue weighted by Gasteiger charge is -2.23. The van der Waals surface area contributed by atoms with Crippen LogP contribution in [0.25, 0.3) is 0 Å². The van der Waals surface area contributed by atoms with Gasteiger partial charge in [0.2, 0.25) is 0 Å². The molecule has 160 valence electrons. The van der Waals surface area contributed by atoms with Crippen molar-refractivity contribution in [3.05, 3.63) is 95.8 Å². The van der Waals surface area contributed by atoms with E-state index in [9.17, 15) is 17.6 Å². The third-order valence-corrected chi connectivity index (χ3v) is 7.19. The molecule has 4 rings (SSSR count). The predicted octanol–water partition coefficient (Wildman–Crippen LogP) is 4.46. The van der Waals surface area contributed by atoms with Gasteiger partial charge in [0.25, 0.3) is 15.9 Å². The van der Waals surface area contributed by atoms with Gasteiger partial charge in [-0.15, -0.1) is 0 Å². The highest BCUT2D eigenvalue weighted by Crippen LogP contribution is 2.30. The van der Waals surface area contributed by atoms with Crippen LogP contribution < -0.4 is 4.31 Å². The molecule has 7 heteroatoms. The number of amides is 1. The summed E-state index contributed by atoms with van der Waals surface area (Å²) in [5, 5.41) is 0. The second-order valence-electron chi connectivity index (χ2n) is 7.62. The van der Waals surface area contributed by atoms with Crippen molar-refractivity contribution in [2.75, 3.05) is 11.4 Å². The van der Waals surface area contributed by atoms with Crippen LogP contribution in [0.15, 0.2) is 83.8 Å². The standard InChI is InChI=1S/C24H23FN2O3S/c1-26(21-5-3-2-4-6-21)31(29,30)23-15-9-19(10-16-23)24(28)27(22-13-14-22)17-18-7-11-20(25)12-8-18/h2-12,15-16,22H,13-14,17H2,1H3. The molecule has 0 bridgehead atoms.